The lowest BCUT2D eigenvalue weighted by Crippen LogP contribution is -1.90. The number of nitrogen functional groups attached to an aromatic ring is 1. The van der Waals surface area contributed by atoms with Crippen LogP contribution in [0.4, 0.5) is 5.69 Å². The summed E-state index contributed by atoms with van der Waals surface area (Å²) >= 11 is 0. The summed E-state index contributed by atoms with van der Waals surface area (Å²) in [5.41, 5.74) is 9.70. The van der Waals surface area contributed by atoms with Gasteiger partial charge in [-0.2, -0.15) is 5.26 Å². The van der Waals surface area contributed by atoms with Gasteiger partial charge in [0.1, 0.15) is 0 Å². The fourth-order valence-corrected chi connectivity index (χ4v) is 1.37. The van der Waals surface area contributed by atoms with Crippen LogP contribution in [0, 0.1) is 11.3 Å². The van der Waals surface area contributed by atoms with E-state index in [1.165, 1.54) is 0 Å². The van der Waals surface area contributed by atoms with E-state index in [4.69, 9.17) is 11.0 Å². The molecule has 0 aliphatic rings. The van der Waals surface area contributed by atoms with Crippen LogP contribution in [0.5, 0.6) is 0 Å². The summed E-state index contributed by atoms with van der Waals surface area (Å²) in [5.74, 6) is 0. The number of hydrogen-bond acceptors (Lipinski definition) is 2. The van der Waals surface area contributed by atoms with Crippen molar-refractivity contribution in [3.8, 4) is 6.07 Å². The standard InChI is InChI=1S/C12H14N2/c1-9(2)12(6-7-13)10-4-3-5-11(14)8-10/h3-5,8H,6,14H2,1-2H3. The van der Waals surface area contributed by atoms with Crippen LogP contribution in [0.1, 0.15) is 25.8 Å². The third-order valence-corrected chi connectivity index (χ3v) is 2.09. The number of hydrogen-bond donors (Lipinski definition) is 1. The molecule has 0 amide bonds. The van der Waals surface area contributed by atoms with Gasteiger partial charge in [-0.05, 0) is 37.1 Å². The lowest BCUT2D eigenvalue weighted by atomic mass is 9.99. The van der Waals surface area contributed by atoms with Gasteiger partial charge in [0.05, 0.1) is 12.5 Å². The highest BCUT2D eigenvalue weighted by molar-refractivity contribution is 5.71. The topological polar surface area (TPSA) is 49.8 Å². The van der Waals surface area contributed by atoms with Crippen LogP contribution in [0.2, 0.25) is 0 Å². The van der Waals surface area contributed by atoms with Crippen LogP contribution in [0.15, 0.2) is 29.8 Å². The largest absolute Gasteiger partial charge is 0.399 e. The summed E-state index contributed by atoms with van der Waals surface area (Å²) < 4.78 is 0. The number of allylic oxidation sites excluding steroid dienone is 2. The van der Waals surface area contributed by atoms with Gasteiger partial charge in [-0.3, -0.25) is 0 Å². The highest BCUT2D eigenvalue weighted by Crippen LogP contribution is 2.23. The van der Waals surface area contributed by atoms with Crippen molar-refractivity contribution in [3.05, 3.63) is 35.4 Å². The maximum absolute atomic E-state index is 8.70. The fraction of sp³-hybridized carbons (Fsp3) is 0.250. The Bertz CT molecular complexity index is 393. The first kappa shape index (κ1) is 10.3. The third-order valence-electron chi connectivity index (χ3n) is 2.09. The number of nitrogens with two attached hydrogens (primary N) is 1. The van der Waals surface area contributed by atoms with Gasteiger partial charge in [0.25, 0.3) is 0 Å². The van der Waals surface area contributed by atoms with E-state index >= 15 is 0 Å². The van der Waals surface area contributed by atoms with Crippen LogP contribution in [-0.2, 0) is 0 Å². The fourth-order valence-electron chi connectivity index (χ4n) is 1.37. The second kappa shape index (κ2) is 4.48. The maximum atomic E-state index is 8.70. The molecule has 2 N–H and O–H groups in total. The molecule has 2 nitrogen and oxygen atoms in total. The zero-order chi connectivity index (χ0) is 10.6. The molecule has 0 spiro atoms. The molecule has 0 aromatic heterocycles. The Balaban J connectivity index is 3.14. The number of anilines is 1. The van der Waals surface area contributed by atoms with E-state index in [-0.39, 0.29) is 0 Å². The monoisotopic (exact) mass is 186 g/mol. The normalized spacial score (nSPS) is 9.21. The first-order valence-corrected chi connectivity index (χ1v) is 4.54. The summed E-state index contributed by atoms with van der Waals surface area (Å²) in [6.07, 6.45) is 0.436. The smallest absolute Gasteiger partial charge is 0.0669 e. The van der Waals surface area contributed by atoms with E-state index in [1.807, 2.05) is 38.1 Å². The van der Waals surface area contributed by atoms with Crippen molar-refractivity contribution in [2.75, 3.05) is 5.73 Å². The predicted octanol–water partition coefficient (Wildman–Crippen LogP) is 2.98. The zero-order valence-corrected chi connectivity index (χ0v) is 8.54. The number of benzene rings is 1. The molecule has 0 saturated heterocycles. The minimum atomic E-state index is 0.436. The molecular formula is C12H14N2. The SMILES string of the molecule is CC(C)=C(CC#N)c1cccc(N)c1. The lowest BCUT2D eigenvalue weighted by Gasteiger charge is -2.06. The van der Waals surface area contributed by atoms with Gasteiger partial charge >= 0.3 is 0 Å². The first-order valence-electron chi connectivity index (χ1n) is 4.54. The molecular weight excluding hydrogens is 172 g/mol. The molecule has 0 saturated carbocycles. The van der Waals surface area contributed by atoms with Crippen LogP contribution < -0.4 is 5.73 Å². The Morgan fingerprint density at radius 3 is 2.64 bits per heavy atom. The summed E-state index contributed by atoms with van der Waals surface area (Å²) in [6.45, 7) is 4.02. The summed E-state index contributed by atoms with van der Waals surface area (Å²) in [7, 11) is 0. The molecule has 0 bridgehead atoms. The first-order chi connectivity index (χ1) is 6.65. The molecule has 0 aliphatic heterocycles. The Hall–Kier alpha value is -1.75. The van der Waals surface area contributed by atoms with Crippen molar-refractivity contribution in [2.24, 2.45) is 0 Å². The molecule has 0 radical (unpaired) electrons. The average molecular weight is 186 g/mol. The minimum Gasteiger partial charge on any atom is -0.399 e. The van der Waals surface area contributed by atoms with Crippen LogP contribution in [-0.4, -0.2) is 0 Å². The van der Waals surface area contributed by atoms with Crippen molar-refractivity contribution in [1.82, 2.24) is 0 Å². The molecule has 0 heterocycles. The number of nitriles is 1. The van der Waals surface area contributed by atoms with Gasteiger partial charge in [0, 0.05) is 5.69 Å². The van der Waals surface area contributed by atoms with Crippen molar-refractivity contribution in [2.45, 2.75) is 20.3 Å². The Morgan fingerprint density at radius 2 is 2.14 bits per heavy atom. The molecule has 72 valence electrons. The summed E-state index contributed by atoms with van der Waals surface area (Å²) in [5, 5.41) is 8.70. The number of nitrogens with zero attached hydrogens (tertiary/aromatic N) is 1. The molecule has 1 rings (SSSR count). The molecule has 0 aliphatic carbocycles. The van der Waals surface area contributed by atoms with E-state index in [1.54, 1.807) is 0 Å². The van der Waals surface area contributed by atoms with Crippen molar-refractivity contribution in [3.63, 3.8) is 0 Å². The molecule has 2 heteroatoms. The highest BCUT2D eigenvalue weighted by atomic mass is 14.5. The zero-order valence-electron chi connectivity index (χ0n) is 8.54. The quantitative estimate of drug-likeness (QED) is 0.722. The molecule has 0 atom stereocenters. The molecule has 1 aromatic rings. The molecule has 1 aromatic carbocycles. The van der Waals surface area contributed by atoms with E-state index in [0.717, 1.165) is 22.4 Å². The Labute approximate surface area is 84.7 Å². The second-order valence-corrected chi connectivity index (χ2v) is 3.44. The Kier molecular flexibility index (Phi) is 3.30. The van der Waals surface area contributed by atoms with E-state index in [9.17, 15) is 0 Å². The van der Waals surface area contributed by atoms with Gasteiger partial charge in [0.2, 0.25) is 0 Å². The second-order valence-electron chi connectivity index (χ2n) is 3.44. The van der Waals surface area contributed by atoms with Crippen molar-refractivity contribution >= 4 is 11.3 Å². The van der Waals surface area contributed by atoms with Crippen LogP contribution in [0.3, 0.4) is 0 Å². The van der Waals surface area contributed by atoms with Gasteiger partial charge in [-0.1, -0.05) is 17.7 Å². The van der Waals surface area contributed by atoms with Crippen LogP contribution >= 0.6 is 0 Å². The van der Waals surface area contributed by atoms with Gasteiger partial charge in [0.15, 0.2) is 0 Å². The van der Waals surface area contributed by atoms with Crippen molar-refractivity contribution < 1.29 is 0 Å². The molecule has 0 unspecified atom stereocenters. The maximum Gasteiger partial charge on any atom is 0.0669 e. The van der Waals surface area contributed by atoms with E-state index < -0.39 is 0 Å². The Morgan fingerprint density at radius 1 is 1.43 bits per heavy atom. The highest BCUT2D eigenvalue weighted by Gasteiger charge is 2.02. The molecule has 14 heavy (non-hydrogen) atoms. The van der Waals surface area contributed by atoms with Crippen LogP contribution in [0.25, 0.3) is 5.57 Å². The lowest BCUT2D eigenvalue weighted by molar-refractivity contribution is 1.28. The van der Waals surface area contributed by atoms with Gasteiger partial charge in [-0.15, -0.1) is 0 Å². The van der Waals surface area contributed by atoms with Gasteiger partial charge in [-0.25, -0.2) is 0 Å². The van der Waals surface area contributed by atoms with E-state index in [2.05, 4.69) is 6.07 Å². The van der Waals surface area contributed by atoms with Gasteiger partial charge < -0.3 is 5.73 Å². The predicted molar refractivity (Wildman–Crippen MR) is 59.4 cm³/mol. The third kappa shape index (κ3) is 2.37. The summed E-state index contributed by atoms with van der Waals surface area (Å²) in [6, 6.07) is 9.81. The number of rotatable bonds is 2. The summed E-state index contributed by atoms with van der Waals surface area (Å²) in [4.78, 5) is 0. The molecule has 0 fully saturated rings. The minimum absolute atomic E-state index is 0.436. The van der Waals surface area contributed by atoms with Crippen molar-refractivity contribution in [1.29, 1.82) is 5.26 Å². The average Bonchev–Trinajstić information content (AvgIpc) is 2.13. The van der Waals surface area contributed by atoms with E-state index in [0.29, 0.717) is 6.42 Å².